The fourth-order valence-electron chi connectivity index (χ4n) is 2.39. The van der Waals surface area contributed by atoms with E-state index in [1.807, 2.05) is 18.2 Å². The van der Waals surface area contributed by atoms with Crippen LogP contribution in [-0.4, -0.2) is 28.1 Å². The summed E-state index contributed by atoms with van der Waals surface area (Å²) in [5.41, 5.74) is 1.03. The molecule has 2 unspecified atom stereocenters. The van der Waals surface area contributed by atoms with Gasteiger partial charge in [0.1, 0.15) is 6.04 Å². The van der Waals surface area contributed by atoms with Gasteiger partial charge in [-0.05, 0) is 25.0 Å². The number of carboxylic acid groups (broad SMARTS) is 1. The molecular weight excluding hydrogens is 248 g/mol. The van der Waals surface area contributed by atoms with Crippen molar-refractivity contribution in [3.8, 4) is 0 Å². The molecule has 2 atom stereocenters. The average molecular weight is 262 g/mol. The third-order valence-corrected chi connectivity index (χ3v) is 4.36. The summed E-state index contributed by atoms with van der Waals surface area (Å²) in [6, 6.07) is 7.94. The minimum absolute atomic E-state index is 0.242. The molecule has 1 aromatic carbocycles. The van der Waals surface area contributed by atoms with Crippen molar-refractivity contribution in [3.05, 3.63) is 29.3 Å². The van der Waals surface area contributed by atoms with Gasteiger partial charge in [0.25, 0.3) is 0 Å². The third kappa shape index (κ3) is 2.23. The van der Waals surface area contributed by atoms with E-state index in [0.29, 0.717) is 6.42 Å². The first-order chi connectivity index (χ1) is 8.72. The van der Waals surface area contributed by atoms with Crippen LogP contribution in [0.5, 0.6) is 0 Å². The molecule has 2 aromatic rings. The Balaban J connectivity index is 1.71. The smallest absolute Gasteiger partial charge is 0.320 e. The van der Waals surface area contributed by atoms with Gasteiger partial charge in [-0.25, -0.2) is 4.98 Å². The molecule has 1 aliphatic rings. The Kier molecular flexibility index (Phi) is 3.01. The van der Waals surface area contributed by atoms with Crippen molar-refractivity contribution in [1.82, 2.24) is 10.3 Å². The van der Waals surface area contributed by atoms with Crippen LogP contribution < -0.4 is 5.32 Å². The van der Waals surface area contributed by atoms with Gasteiger partial charge < -0.3 is 10.4 Å². The summed E-state index contributed by atoms with van der Waals surface area (Å²) in [4.78, 5) is 15.4. The van der Waals surface area contributed by atoms with E-state index < -0.39 is 5.97 Å². The minimum atomic E-state index is -0.748. The number of aromatic nitrogens is 1. The first-order valence-electron chi connectivity index (χ1n) is 6.05. The Hall–Kier alpha value is -1.46. The molecule has 1 saturated heterocycles. The van der Waals surface area contributed by atoms with Gasteiger partial charge in [0.15, 0.2) is 0 Å². The molecule has 1 fully saturated rings. The number of fused-ring (bicyclic) bond motifs is 1. The molecule has 0 spiro atoms. The maximum absolute atomic E-state index is 10.9. The highest BCUT2D eigenvalue weighted by Gasteiger charge is 2.29. The Bertz CT molecular complexity index is 548. The number of nitrogens with zero attached hydrogens (tertiary/aromatic N) is 1. The maximum atomic E-state index is 10.9. The number of benzene rings is 1. The summed E-state index contributed by atoms with van der Waals surface area (Å²) < 4.78 is 1.19. The van der Waals surface area contributed by atoms with Gasteiger partial charge in [-0.2, -0.15) is 0 Å². The lowest BCUT2D eigenvalue weighted by atomic mass is 10.1. The van der Waals surface area contributed by atoms with E-state index in [1.165, 1.54) is 4.70 Å². The van der Waals surface area contributed by atoms with Crippen LogP contribution in [0.3, 0.4) is 0 Å². The SMILES string of the molecule is O=C(O)C1CCC(Cc2nc3ccccc3s2)N1. The normalized spacial score (nSPS) is 23.6. The van der Waals surface area contributed by atoms with Crippen LogP contribution in [0.1, 0.15) is 17.8 Å². The highest BCUT2D eigenvalue weighted by Crippen LogP contribution is 2.24. The summed E-state index contributed by atoms with van der Waals surface area (Å²) in [7, 11) is 0. The van der Waals surface area contributed by atoms with E-state index in [0.717, 1.165) is 23.4 Å². The number of rotatable bonds is 3. The van der Waals surface area contributed by atoms with Crippen LogP contribution >= 0.6 is 11.3 Å². The molecule has 0 radical (unpaired) electrons. The number of hydrogen-bond acceptors (Lipinski definition) is 4. The molecule has 18 heavy (non-hydrogen) atoms. The van der Waals surface area contributed by atoms with Crippen molar-refractivity contribution in [3.63, 3.8) is 0 Å². The molecule has 0 saturated carbocycles. The van der Waals surface area contributed by atoms with Crippen molar-refractivity contribution in [1.29, 1.82) is 0 Å². The van der Waals surface area contributed by atoms with E-state index in [4.69, 9.17) is 5.11 Å². The van der Waals surface area contributed by atoms with Gasteiger partial charge in [-0.15, -0.1) is 11.3 Å². The van der Waals surface area contributed by atoms with Crippen LogP contribution in [0.25, 0.3) is 10.2 Å². The van der Waals surface area contributed by atoms with Crippen molar-refractivity contribution < 1.29 is 9.90 Å². The number of aliphatic carboxylic acids is 1. The van der Waals surface area contributed by atoms with Gasteiger partial charge >= 0.3 is 5.97 Å². The summed E-state index contributed by atoms with van der Waals surface area (Å²) in [6.07, 6.45) is 2.45. The van der Waals surface area contributed by atoms with Crippen molar-refractivity contribution in [2.24, 2.45) is 0 Å². The predicted octanol–water partition coefficient (Wildman–Crippen LogP) is 2.04. The average Bonchev–Trinajstić information content (AvgIpc) is 2.94. The van der Waals surface area contributed by atoms with E-state index >= 15 is 0 Å². The molecule has 5 heteroatoms. The van der Waals surface area contributed by atoms with E-state index in [2.05, 4.69) is 16.4 Å². The van der Waals surface area contributed by atoms with Crippen LogP contribution in [0.15, 0.2) is 24.3 Å². The van der Waals surface area contributed by atoms with E-state index in [-0.39, 0.29) is 12.1 Å². The molecule has 4 nitrogen and oxygen atoms in total. The summed E-state index contributed by atoms with van der Waals surface area (Å²) in [5, 5.41) is 13.2. The van der Waals surface area contributed by atoms with Gasteiger partial charge in [0.05, 0.1) is 15.2 Å². The second-order valence-electron chi connectivity index (χ2n) is 4.61. The van der Waals surface area contributed by atoms with Crippen LogP contribution in [0, 0.1) is 0 Å². The lowest BCUT2D eigenvalue weighted by Crippen LogP contribution is -2.36. The number of nitrogens with one attached hydrogen (secondary N) is 1. The number of carbonyl (C=O) groups is 1. The molecule has 0 bridgehead atoms. The number of carboxylic acids is 1. The van der Waals surface area contributed by atoms with Crippen LogP contribution in [0.4, 0.5) is 0 Å². The molecule has 94 valence electrons. The first-order valence-corrected chi connectivity index (χ1v) is 6.87. The number of para-hydroxylation sites is 1. The highest BCUT2D eigenvalue weighted by molar-refractivity contribution is 7.18. The first kappa shape index (κ1) is 11.6. The van der Waals surface area contributed by atoms with E-state index in [9.17, 15) is 4.79 Å². The lowest BCUT2D eigenvalue weighted by molar-refractivity contribution is -0.139. The van der Waals surface area contributed by atoms with Crippen molar-refractivity contribution in [2.75, 3.05) is 0 Å². The molecule has 2 heterocycles. The summed E-state index contributed by atoms with van der Waals surface area (Å²) >= 11 is 1.70. The Labute approximate surface area is 109 Å². The fraction of sp³-hybridized carbons (Fsp3) is 0.385. The molecule has 1 aromatic heterocycles. The molecule has 0 aliphatic carbocycles. The minimum Gasteiger partial charge on any atom is -0.480 e. The molecule has 0 amide bonds. The van der Waals surface area contributed by atoms with Crippen molar-refractivity contribution in [2.45, 2.75) is 31.3 Å². The highest BCUT2D eigenvalue weighted by atomic mass is 32.1. The largest absolute Gasteiger partial charge is 0.480 e. The molecule has 1 aliphatic heterocycles. The third-order valence-electron chi connectivity index (χ3n) is 3.30. The van der Waals surface area contributed by atoms with Gasteiger partial charge in [0, 0.05) is 12.5 Å². The molecule has 3 rings (SSSR count). The Morgan fingerprint density at radius 3 is 3.00 bits per heavy atom. The standard InChI is InChI=1S/C13H14N2O2S/c16-13(17)10-6-5-8(14-10)7-12-15-9-3-1-2-4-11(9)18-12/h1-4,8,10,14H,5-7H2,(H,16,17). The zero-order valence-corrected chi connectivity index (χ0v) is 10.6. The summed E-state index contributed by atoms with van der Waals surface area (Å²) in [5.74, 6) is -0.748. The number of thiazole rings is 1. The van der Waals surface area contributed by atoms with E-state index in [1.54, 1.807) is 11.3 Å². The Morgan fingerprint density at radius 2 is 2.28 bits per heavy atom. The molecular formula is C13H14N2O2S. The number of hydrogen-bond donors (Lipinski definition) is 2. The van der Waals surface area contributed by atoms with Crippen LogP contribution in [-0.2, 0) is 11.2 Å². The summed E-state index contributed by atoms with van der Waals surface area (Å²) in [6.45, 7) is 0. The topological polar surface area (TPSA) is 62.2 Å². The zero-order valence-electron chi connectivity index (χ0n) is 9.80. The fourth-order valence-corrected chi connectivity index (χ4v) is 3.44. The van der Waals surface area contributed by atoms with Crippen molar-refractivity contribution >= 4 is 27.5 Å². The Morgan fingerprint density at radius 1 is 1.44 bits per heavy atom. The maximum Gasteiger partial charge on any atom is 0.320 e. The van der Waals surface area contributed by atoms with Gasteiger partial charge in [-0.1, -0.05) is 12.1 Å². The second kappa shape index (κ2) is 4.66. The second-order valence-corrected chi connectivity index (χ2v) is 5.73. The zero-order chi connectivity index (χ0) is 12.5. The predicted molar refractivity (Wildman–Crippen MR) is 70.9 cm³/mol. The monoisotopic (exact) mass is 262 g/mol. The quantitative estimate of drug-likeness (QED) is 0.888. The lowest BCUT2D eigenvalue weighted by Gasteiger charge is -2.09. The van der Waals surface area contributed by atoms with Gasteiger partial charge in [-0.3, -0.25) is 4.79 Å². The molecule has 2 N–H and O–H groups in total. The van der Waals surface area contributed by atoms with Crippen LogP contribution in [0.2, 0.25) is 0 Å². The van der Waals surface area contributed by atoms with Gasteiger partial charge in [0.2, 0.25) is 0 Å².